The zero-order chi connectivity index (χ0) is 18.8. The highest BCUT2D eigenvalue weighted by molar-refractivity contribution is 5.57. The summed E-state index contributed by atoms with van der Waals surface area (Å²) in [6.07, 6.45) is 6.73. The van der Waals surface area contributed by atoms with Gasteiger partial charge in [-0.05, 0) is 18.9 Å². The smallest absolute Gasteiger partial charge is 0.261 e. The molecule has 1 atom stereocenters. The third-order valence-electron chi connectivity index (χ3n) is 2.97. The highest BCUT2D eigenvalue weighted by Gasteiger charge is 2.13. The van der Waals surface area contributed by atoms with Crippen molar-refractivity contribution in [1.82, 2.24) is 20.6 Å². The van der Waals surface area contributed by atoms with E-state index in [-0.39, 0.29) is 11.5 Å². The Morgan fingerprint density at radius 3 is 2.72 bits per heavy atom. The predicted octanol–water partition coefficient (Wildman–Crippen LogP) is 1.42. The summed E-state index contributed by atoms with van der Waals surface area (Å²) in [6, 6.07) is -0.394. The molecule has 5 N–H and O–H groups in total. The van der Waals surface area contributed by atoms with Crippen LogP contribution in [0.3, 0.4) is 0 Å². The highest BCUT2D eigenvalue weighted by atomic mass is 19.1. The Morgan fingerprint density at radius 1 is 1.44 bits per heavy atom. The van der Waals surface area contributed by atoms with E-state index in [2.05, 4.69) is 30.6 Å². The number of hydrogen-bond donors (Lipinski definition) is 4. The predicted molar refractivity (Wildman–Crippen MR) is 98.6 cm³/mol. The van der Waals surface area contributed by atoms with Crippen LogP contribution in [0.1, 0.15) is 38.2 Å². The van der Waals surface area contributed by atoms with Gasteiger partial charge >= 0.3 is 0 Å². The normalized spacial score (nSPS) is 14.5. The number of rotatable bonds is 8. The number of halogens is 1. The number of aromatic amines is 1. The molecule has 1 rings (SSSR count). The Kier molecular flexibility index (Phi) is 8.04. The molecule has 1 aromatic rings. The van der Waals surface area contributed by atoms with Gasteiger partial charge in [0, 0.05) is 19.4 Å². The van der Waals surface area contributed by atoms with Crippen molar-refractivity contribution in [2.24, 2.45) is 21.6 Å². The molecule has 0 spiro atoms. The molecule has 0 aromatic carbocycles. The van der Waals surface area contributed by atoms with E-state index in [1.165, 1.54) is 18.6 Å². The zero-order valence-corrected chi connectivity index (χ0v) is 14.7. The molecule has 0 radical (unpaired) electrons. The van der Waals surface area contributed by atoms with Crippen LogP contribution in [-0.4, -0.2) is 29.7 Å². The van der Waals surface area contributed by atoms with Crippen LogP contribution in [0.4, 0.5) is 4.39 Å². The van der Waals surface area contributed by atoms with Gasteiger partial charge in [-0.1, -0.05) is 13.8 Å². The molecule has 136 valence electrons. The van der Waals surface area contributed by atoms with Gasteiger partial charge in [-0.3, -0.25) is 9.79 Å². The van der Waals surface area contributed by atoms with Crippen LogP contribution in [0.2, 0.25) is 0 Å². The van der Waals surface area contributed by atoms with E-state index in [1.54, 1.807) is 20.2 Å². The van der Waals surface area contributed by atoms with Gasteiger partial charge in [0.25, 0.3) is 5.56 Å². The van der Waals surface area contributed by atoms with Crippen LogP contribution in [-0.2, 0) is 0 Å². The zero-order valence-electron chi connectivity index (χ0n) is 14.7. The van der Waals surface area contributed by atoms with Crippen LogP contribution in [0.15, 0.2) is 39.1 Å². The topological polar surface area (TPSA) is 121 Å². The third kappa shape index (κ3) is 6.58. The molecule has 0 aliphatic heterocycles. The molecule has 1 aromatic heterocycles. The number of hydrogen-bond acceptors (Lipinski definition) is 5. The summed E-state index contributed by atoms with van der Waals surface area (Å²) in [6.45, 7) is 5.42. The Bertz CT molecular complexity index is 734. The molecule has 9 heteroatoms. The van der Waals surface area contributed by atoms with E-state index in [9.17, 15) is 9.18 Å². The number of allylic oxidation sites excluding steroid dienone is 1. The first-order valence-corrected chi connectivity index (χ1v) is 7.73. The van der Waals surface area contributed by atoms with Crippen LogP contribution < -0.4 is 21.9 Å². The number of aliphatic imine (C=N–C) groups is 2. The minimum Gasteiger partial charge on any atom is -0.390 e. The van der Waals surface area contributed by atoms with Crippen LogP contribution >= 0.6 is 0 Å². The lowest BCUT2D eigenvalue weighted by molar-refractivity contribution is 0.602. The number of aromatic nitrogens is 2. The fourth-order valence-electron chi connectivity index (χ4n) is 1.86. The van der Waals surface area contributed by atoms with E-state index in [0.717, 1.165) is 6.34 Å². The maximum Gasteiger partial charge on any atom is 0.261 e. The maximum absolute atomic E-state index is 14.0. The van der Waals surface area contributed by atoms with Crippen molar-refractivity contribution in [1.29, 1.82) is 0 Å². The maximum atomic E-state index is 14.0. The average molecular weight is 349 g/mol. The summed E-state index contributed by atoms with van der Waals surface area (Å²) in [5.74, 6) is 0.147. The molecule has 0 aliphatic rings. The summed E-state index contributed by atoms with van der Waals surface area (Å²) in [7, 11) is 1.62. The van der Waals surface area contributed by atoms with E-state index in [0.29, 0.717) is 11.6 Å². The molecule has 25 heavy (non-hydrogen) atoms. The van der Waals surface area contributed by atoms with Crippen molar-refractivity contribution in [2.75, 3.05) is 7.05 Å². The second-order valence-corrected chi connectivity index (χ2v) is 5.50. The second-order valence-electron chi connectivity index (χ2n) is 5.50. The Hall–Kier alpha value is -2.97. The lowest BCUT2D eigenvalue weighted by Crippen LogP contribution is -2.25. The average Bonchev–Trinajstić information content (AvgIpc) is 2.54. The first-order chi connectivity index (χ1) is 11.9. The molecule has 0 aliphatic carbocycles. The second kappa shape index (κ2) is 10.0. The van der Waals surface area contributed by atoms with Gasteiger partial charge in [0.05, 0.1) is 24.3 Å². The summed E-state index contributed by atoms with van der Waals surface area (Å²) >= 11 is 0. The standard InChI is InChI=1S/C16H24FN7O/c1-10(2)5-13(17)12-6-21-15(24-16(12)25)11(3)23-14(22-8-18)7-20-9-19-4/h5-11,23H,1-4H3,(H2,18,22)(H,19,20)(H,21,24,25)/b13-5+,14-7-. The Morgan fingerprint density at radius 2 is 2.16 bits per heavy atom. The van der Waals surface area contributed by atoms with Gasteiger partial charge in [-0.2, -0.15) is 0 Å². The first kappa shape index (κ1) is 20.1. The van der Waals surface area contributed by atoms with Gasteiger partial charge in [-0.15, -0.1) is 0 Å². The fourth-order valence-corrected chi connectivity index (χ4v) is 1.86. The summed E-state index contributed by atoms with van der Waals surface area (Å²) in [5, 5.41) is 5.81. The molecule has 0 bridgehead atoms. The van der Waals surface area contributed by atoms with Gasteiger partial charge in [-0.25, -0.2) is 14.4 Å². The SMILES string of the molecule is CN=CN/C=C(/N=CN)NC(C)c1ncc(/C(F)=C\C(C)C)c(=O)[nH]1. The van der Waals surface area contributed by atoms with Crippen LogP contribution in [0.5, 0.6) is 0 Å². The van der Waals surface area contributed by atoms with Crippen molar-refractivity contribution in [3.05, 3.63) is 46.0 Å². The largest absolute Gasteiger partial charge is 0.390 e. The van der Waals surface area contributed by atoms with Gasteiger partial charge in [0.1, 0.15) is 17.5 Å². The molecule has 0 fully saturated rings. The minimum absolute atomic E-state index is 0.0133. The molecule has 1 heterocycles. The molecule has 0 saturated carbocycles. The van der Waals surface area contributed by atoms with Crippen molar-refractivity contribution < 1.29 is 4.39 Å². The molecule has 0 saturated heterocycles. The number of H-pyrrole nitrogens is 1. The van der Waals surface area contributed by atoms with E-state index >= 15 is 0 Å². The third-order valence-corrected chi connectivity index (χ3v) is 2.97. The monoisotopic (exact) mass is 349 g/mol. The molecule has 1 unspecified atom stereocenters. The van der Waals surface area contributed by atoms with Crippen LogP contribution in [0.25, 0.3) is 5.83 Å². The lowest BCUT2D eigenvalue weighted by atomic mass is 10.1. The Labute approximate surface area is 145 Å². The van der Waals surface area contributed by atoms with Crippen molar-refractivity contribution >= 4 is 18.5 Å². The molecular weight excluding hydrogens is 325 g/mol. The summed E-state index contributed by atoms with van der Waals surface area (Å²) in [4.78, 5) is 26.5. The van der Waals surface area contributed by atoms with Crippen molar-refractivity contribution in [3.63, 3.8) is 0 Å². The van der Waals surface area contributed by atoms with Crippen molar-refractivity contribution in [2.45, 2.75) is 26.8 Å². The summed E-state index contributed by atoms with van der Waals surface area (Å²) < 4.78 is 14.0. The number of nitrogens with two attached hydrogens (primary N) is 1. The molecule has 0 amide bonds. The summed E-state index contributed by atoms with van der Waals surface area (Å²) in [5.41, 5.74) is 4.67. The quantitative estimate of drug-likeness (QED) is 0.418. The number of nitrogens with one attached hydrogen (secondary N) is 3. The molecular formula is C16H24FN7O. The lowest BCUT2D eigenvalue weighted by Gasteiger charge is -2.14. The number of nitrogens with zero attached hydrogens (tertiary/aromatic N) is 3. The van der Waals surface area contributed by atoms with E-state index in [1.807, 2.05) is 13.8 Å². The van der Waals surface area contributed by atoms with Gasteiger partial charge in [0.2, 0.25) is 0 Å². The van der Waals surface area contributed by atoms with Crippen molar-refractivity contribution in [3.8, 4) is 0 Å². The van der Waals surface area contributed by atoms with E-state index in [4.69, 9.17) is 5.73 Å². The van der Waals surface area contributed by atoms with Gasteiger partial charge < -0.3 is 21.4 Å². The van der Waals surface area contributed by atoms with E-state index < -0.39 is 17.4 Å². The highest BCUT2D eigenvalue weighted by Crippen LogP contribution is 2.15. The fraction of sp³-hybridized carbons (Fsp3) is 0.375. The van der Waals surface area contributed by atoms with Gasteiger partial charge in [0.15, 0.2) is 0 Å². The van der Waals surface area contributed by atoms with Crippen LogP contribution in [0, 0.1) is 5.92 Å². The first-order valence-electron chi connectivity index (χ1n) is 7.73. The Balaban J connectivity index is 2.98. The minimum atomic E-state index is -0.590. The molecule has 8 nitrogen and oxygen atoms in total.